The van der Waals surface area contributed by atoms with E-state index in [1.54, 1.807) is 43.2 Å². The van der Waals surface area contributed by atoms with Crippen LogP contribution in [-0.4, -0.2) is 49.0 Å². The first-order chi connectivity index (χ1) is 15.6. The second-order valence-electron chi connectivity index (χ2n) is 7.07. The molecule has 1 amide bonds. The molecule has 2 heterocycles. The average Bonchev–Trinajstić information content (AvgIpc) is 3.21. The highest BCUT2D eigenvalue weighted by molar-refractivity contribution is 6.09. The van der Waals surface area contributed by atoms with Crippen molar-refractivity contribution in [2.24, 2.45) is 0 Å². The van der Waals surface area contributed by atoms with Crippen molar-refractivity contribution >= 4 is 23.3 Å². The van der Waals surface area contributed by atoms with Crippen molar-refractivity contribution in [2.45, 2.75) is 13.3 Å². The summed E-state index contributed by atoms with van der Waals surface area (Å²) in [6, 6.07) is 14.5. The van der Waals surface area contributed by atoms with E-state index in [9.17, 15) is 9.59 Å². The number of anilines is 2. The Morgan fingerprint density at radius 2 is 1.75 bits per heavy atom. The van der Waals surface area contributed by atoms with Gasteiger partial charge in [-0.05, 0) is 61.9 Å². The lowest BCUT2D eigenvalue weighted by atomic mass is 10.0. The molecule has 2 aromatic carbocycles. The van der Waals surface area contributed by atoms with Gasteiger partial charge in [-0.3, -0.25) is 15.1 Å². The number of amides is 1. The highest BCUT2D eigenvalue weighted by Crippen LogP contribution is 2.30. The summed E-state index contributed by atoms with van der Waals surface area (Å²) in [5.74, 6) is -0.0945. The van der Waals surface area contributed by atoms with E-state index in [2.05, 4.69) is 10.6 Å². The number of hydrogen-bond donors (Lipinski definition) is 1. The summed E-state index contributed by atoms with van der Waals surface area (Å²) in [6.45, 7) is 2.38. The number of fused-ring (bicyclic) bond motifs is 1. The number of hydrogen-bond acceptors (Lipinski definition) is 7. The van der Waals surface area contributed by atoms with Crippen molar-refractivity contribution in [3.05, 3.63) is 65.5 Å². The fourth-order valence-electron chi connectivity index (χ4n) is 3.71. The van der Waals surface area contributed by atoms with Crippen LogP contribution in [0.3, 0.4) is 0 Å². The van der Waals surface area contributed by atoms with Gasteiger partial charge >= 0.3 is 5.97 Å². The molecule has 0 fully saturated rings. The van der Waals surface area contributed by atoms with Gasteiger partial charge in [0.25, 0.3) is 5.91 Å². The molecule has 0 bridgehead atoms. The third kappa shape index (κ3) is 3.90. The number of carbonyl (C=O) groups excluding carboxylic acids is 2. The molecular formula is C23H24N4O5. The maximum atomic E-state index is 13.6. The molecule has 0 radical (unpaired) electrons. The van der Waals surface area contributed by atoms with E-state index in [0.717, 1.165) is 11.4 Å². The first-order valence-electron chi connectivity index (χ1n) is 10.2. The third-order valence-electron chi connectivity index (χ3n) is 5.20. The fourth-order valence-corrected chi connectivity index (χ4v) is 3.71. The zero-order chi connectivity index (χ0) is 22.7. The summed E-state index contributed by atoms with van der Waals surface area (Å²) < 4.78 is 11.9. The normalized spacial score (nSPS) is 13.0. The first kappa shape index (κ1) is 21.4. The second kappa shape index (κ2) is 9.11. The Balaban J connectivity index is 1.76. The third-order valence-corrected chi connectivity index (χ3v) is 5.20. The predicted octanol–water partition coefficient (Wildman–Crippen LogP) is 3.23. The van der Waals surface area contributed by atoms with Gasteiger partial charge in [0.1, 0.15) is 11.4 Å². The van der Waals surface area contributed by atoms with Crippen LogP contribution < -0.4 is 15.1 Å². The number of methoxy groups -OCH3 is 1. The van der Waals surface area contributed by atoms with Crippen LogP contribution in [0.4, 0.5) is 11.4 Å². The fraction of sp³-hybridized carbons (Fsp3) is 0.261. The van der Waals surface area contributed by atoms with Gasteiger partial charge in [-0.25, -0.2) is 9.48 Å². The lowest BCUT2D eigenvalue weighted by Gasteiger charge is -2.28. The Kier molecular flexibility index (Phi) is 6.09. The number of nitrogens with zero attached hydrogens (tertiary/aromatic N) is 3. The molecule has 0 aliphatic carbocycles. The van der Waals surface area contributed by atoms with Crippen LogP contribution in [0.5, 0.6) is 5.75 Å². The van der Waals surface area contributed by atoms with Gasteiger partial charge in [0.2, 0.25) is 0 Å². The first-order valence-corrected chi connectivity index (χ1v) is 10.2. The molecule has 166 valence electrons. The predicted molar refractivity (Wildman–Crippen MR) is 119 cm³/mol. The maximum absolute atomic E-state index is 13.6. The topological polar surface area (TPSA) is 94.9 Å². The zero-order valence-corrected chi connectivity index (χ0v) is 18.1. The molecule has 1 N–H and O–H groups in total. The highest BCUT2D eigenvalue weighted by Gasteiger charge is 2.35. The van der Waals surface area contributed by atoms with E-state index in [1.807, 2.05) is 24.3 Å². The van der Waals surface area contributed by atoms with Gasteiger partial charge in [-0.15, -0.1) is 0 Å². The Morgan fingerprint density at radius 3 is 2.38 bits per heavy atom. The van der Waals surface area contributed by atoms with Crippen molar-refractivity contribution in [1.82, 2.24) is 9.78 Å². The van der Waals surface area contributed by atoms with Crippen molar-refractivity contribution in [3.63, 3.8) is 0 Å². The second-order valence-corrected chi connectivity index (χ2v) is 7.07. The van der Waals surface area contributed by atoms with Crippen molar-refractivity contribution < 1.29 is 23.9 Å². The van der Waals surface area contributed by atoms with E-state index in [4.69, 9.17) is 14.3 Å². The lowest BCUT2D eigenvalue weighted by Crippen LogP contribution is -2.39. The zero-order valence-electron chi connectivity index (χ0n) is 18.1. The van der Waals surface area contributed by atoms with Gasteiger partial charge in [0.05, 0.1) is 32.2 Å². The average molecular weight is 436 g/mol. The van der Waals surface area contributed by atoms with Gasteiger partial charge in [0.15, 0.2) is 5.69 Å². The molecule has 0 spiro atoms. The number of nitrogens with one attached hydrogen (secondary N) is 1. The number of ether oxygens (including phenoxy) is 2. The summed E-state index contributed by atoms with van der Waals surface area (Å²) in [5, 5.41) is 4.48. The van der Waals surface area contributed by atoms with Gasteiger partial charge in [0, 0.05) is 17.8 Å². The smallest absolute Gasteiger partial charge is 0.359 e. The van der Waals surface area contributed by atoms with Gasteiger partial charge in [-0.2, -0.15) is 5.10 Å². The molecule has 1 aliphatic rings. The minimum Gasteiger partial charge on any atom is -0.497 e. The highest BCUT2D eigenvalue weighted by atomic mass is 16.6. The molecule has 1 aromatic heterocycles. The SMILES string of the molecule is CCOC(=O)c1nn(-c2ccc(OC)cc2)c2c1CCN(c1ccc(NOC)cc1)C2=O. The molecule has 9 heteroatoms. The van der Waals surface area contributed by atoms with Crippen LogP contribution in [0, 0.1) is 0 Å². The summed E-state index contributed by atoms with van der Waals surface area (Å²) in [6.07, 6.45) is 0.476. The van der Waals surface area contributed by atoms with E-state index in [-0.39, 0.29) is 18.2 Å². The monoisotopic (exact) mass is 436 g/mol. The Bertz CT molecular complexity index is 1120. The molecule has 0 saturated carbocycles. The minimum absolute atomic E-state index is 0.172. The van der Waals surface area contributed by atoms with E-state index < -0.39 is 5.97 Å². The number of carbonyl (C=O) groups is 2. The van der Waals surface area contributed by atoms with Crippen LogP contribution in [0.1, 0.15) is 33.5 Å². The van der Waals surface area contributed by atoms with Crippen LogP contribution in [0.2, 0.25) is 0 Å². The summed E-state index contributed by atoms with van der Waals surface area (Å²) in [7, 11) is 3.11. The summed E-state index contributed by atoms with van der Waals surface area (Å²) in [5.41, 5.74) is 6.03. The van der Waals surface area contributed by atoms with Crippen LogP contribution in [0.15, 0.2) is 48.5 Å². The van der Waals surface area contributed by atoms with Gasteiger partial charge in [-0.1, -0.05) is 0 Å². The molecule has 3 aromatic rings. The number of rotatable bonds is 7. The number of benzene rings is 2. The summed E-state index contributed by atoms with van der Waals surface area (Å²) >= 11 is 0. The van der Waals surface area contributed by atoms with E-state index >= 15 is 0 Å². The number of aromatic nitrogens is 2. The van der Waals surface area contributed by atoms with Crippen LogP contribution >= 0.6 is 0 Å². The molecule has 4 rings (SSSR count). The number of esters is 1. The van der Waals surface area contributed by atoms with Gasteiger partial charge < -0.3 is 14.4 Å². The van der Waals surface area contributed by atoms with E-state index in [0.29, 0.717) is 35.7 Å². The van der Waals surface area contributed by atoms with Crippen LogP contribution in [0.25, 0.3) is 5.69 Å². The summed E-state index contributed by atoms with van der Waals surface area (Å²) in [4.78, 5) is 32.7. The largest absolute Gasteiger partial charge is 0.497 e. The van der Waals surface area contributed by atoms with Crippen molar-refractivity contribution in [2.75, 3.05) is 37.8 Å². The molecule has 0 unspecified atom stereocenters. The van der Waals surface area contributed by atoms with Crippen molar-refractivity contribution in [1.29, 1.82) is 0 Å². The quantitative estimate of drug-likeness (QED) is 0.449. The molecule has 32 heavy (non-hydrogen) atoms. The lowest BCUT2D eigenvalue weighted by molar-refractivity contribution is 0.0517. The van der Waals surface area contributed by atoms with Crippen LogP contribution in [-0.2, 0) is 16.0 Å². The molecular weight excluding hydrogens is 412 g/mol. The van der Waals surface area contributed by atoms with E-state index in [1.165, 1.54) is 11.8 Å². The molecule has 1 aliphatic heterocycles. The molecule has 9 nitrogen and oxygen atoms in total. The molecule has 0 atom stereocenters. The standard InChI is InChI=1S/C23H24N4O5/c1-4-32-23(29)20-19-13-14-26(16-7-5-15(6-8-16)25-31-3)22(28)21(19)27(24-20)17-9-11-18(30-2)12-10-17/h5-12,25H,4,13-14H2,1-3H3. The minimum atomic E-state index is -0.535. The Labute approximate surface area is 185 Å². The Hall–Kier alpha value is -3.85. The maximum Gasteiger partial charge on any atom is 0.359 e. The van der Waals surface area contributed by atoms with Crippen molar-refractivity contribution in [3.8, 4) is 11.4 Å². The Morgan fingerprint density at radius 1 is 1.06 bits per heavy atom. The molecule has 0 saturated heterocycles.